The van der Waals surface area contributed by atoms with Gasteiger partial charge in [-0.1, -0.05) is 60.7 Å². The lowest BCUT2D eigenvalue weighted by Crippen LogP contribution is -2.35. The average molecular weight is 471 g/mol. The molecule has 1 saturated carbocycles. The maximum absolute atomic E-state index is 12.7. The number of alkyl carbamates (subject to hydrolysis) is 1. The molecule has 3 aromatic carbocycles. The Morgan fingerprint density at radius 2 is 1.49 bits per heavy atom. The largest absolute Gasteiger partial charge is 0.478 e. The first-order valence-corrected chi connectivity index (χ1v) is 11.8. The highest BCUT2D eigenvalue weighted by Gasteiger charge is 2.33. The van der Waals surface area contributed by atoms with Crippen LogP contribution in [-0.2, 0) is 9.53 Å². The molecule has 2 aliphatic carbocycles. The maximum atomic E-state index is 12.7. The molecule has 0 spiro atoms. The number of fused-ring (bicyclic) bond motifs is 3. The summed E-state index contributed by atoms with van der Waals surface area (Å²) in [6, 6.07) is 22.5. The van der Waals surface area contributed by atoms with Crippen molar-refractivity contribution < 1.29 is 24.2 Å². The zero-order valence-electron chi connectivity index (χ0n) is 19.1. The van der Waals surface area contributed by atoms with Gasteiger partial charge in [0.1, 0.15) is 6.61 Å². The summed E-state index contributed by atoms with van der Waals surface area (Å²) in [4.78, 5) is 36.7. The number of carbonyl (C=O) groups excluding carboxylic acids is 2. The van der Waals surface area contributed by atoms with Gasteiger partial charge < -0.3 is 20.5 Å². The fourth-order valence-electron chi connectivity index (χ4n) is 5.17. The molecule has 3 aromatic rings. The lowest BCUT2D eigenvalue weighted by molar-refractivity contribution is -0.119. The number of hydrogen-bond donors (Lipinski definition) is 3. The Morgan fingerprint density at radius 1 is 0.857 bits per heavy atom. The van der Waals surface area contributed by atoms with Crippen LogP contribution in [0, 0.1) is 5.92 Å². The van der Waals surface area contributed by atoms with E-state index < -0.39 is 12.1 Å². The molecule has 0 radical (unpaired) electrons. The number of carboxylic acid groups (broad SMARTS) is 1. The standard InChI is InChI=1S/C28H26N2O5/c31-26(30-25-12-6-5-11-23(25)27(32)33)17-13-14-18(15-17)29-28(34)35-16-24-21-9-3-1-7-19(21)20-8-2-4-10-22(20)24/h1-12,17-18,24H,13-16H2,(H,29,34)(H,30,31)(H,32,33). The number of rotatable bonds is 6. The van der Waals surface area contributed by atoms with Crippen molar-refractivity contribution in [3.05, 3.63) is 89.5 Å². The van der Waals surface area contributed by atoms with Crippen LogP contribution in [0.25, 0.3) is 11.1 Å². The van der Waals surface area contributed by atoms with Crippen molar-refractivity contribution in [1.29, 1.82) is 0 Å². The van der Waals surface area contributed by atoms with E-state index in [2.05, 4.69) is 34.9 Å². The first-order valence-electron chi connectivity index (χ1n) is 11.8. The minimum atomic E-state index is -1.10. The van der Waals surface area contributed by atoms with Crippen LogP contribution in [0.4, 0.5) is 10.5 Å². The fraction of sp³-hybridized carbons (Fsp3) is 0.250. The number of nitrogens with one attached hydrogen (secondary N) is 2. The molecule has 2 unspecified atom stereocenters. The second-order valence-corrected chi connectivity index (χ2v) is 9.02. The summed E-state index contributed by atoms with van der Waals surface area (Å²) < 4.78 is 5.62. The van der Waals surface area contributed by atoms with Gasteiger partial charge in [0.15, 0.2) is 0 Å². The van der Waals surface area contributed by atoms with Gasteiger partial charge in [-0.15, -0.1) is 0 Å². The molecule has 7 nitrogen and oxygen atoms in total. The Morgan fingerprint density at radius 3 is 2.17 bits per heavy atom. The minimum Gasteiger partial charge on any atom is -0.478 e. The van der Waals surface area contributed by atoms with Crippen LogP contribution in [0.1, 0.15) is 46.7 Å². The third-order valence-electron chi connectivity index (χ3n) is 6.88. The number of amides is 2. The van der Waals surface area contributed by atoms with Crippen molar-refractivity contribution in [2.45, 2.75) is 31.2 Å². The zero-order chi connectivity index (χ0) is 24.4. The van der Waals surface area contributed by atoms with Gasteiger partial charge in [0.25, 0.3) is 0 Å². The van der Waals surface area contributed by atoms with Crippen LogP contribution in [0.5, 0.6) is 0 Å². The topological polar surface area (TPSA) is 105 Å². The molecular weight excluding hydrogens is 444 g/mol. The Bertz CT molecular complexity index is 1240. The molecule has 2 aliphatic rings. The van der Waals surface area contributed by atoms with Crippen LogP contribution >= 0.6 is 0 Å². The van der Waals surface area contributed by atoms with Crippen LogP contribution < -0.4 is 10.6 Å². The van der Waals surface area contributed by atoms with Gasteiger partial charge in [-0.2, -0.15) is 0 Å². The number of anilines is 1. The summed E-state index contributed by atoms with van der Waals surface area (Å²) in [5, 5.41) is 14.9. The van der Waals surface area contributed by atoms with E-state index in [1.165, 1.54) is 17.2 Å². The van der Waals surface area contributed by atoms with Gasteiger partial charge in [-0.25, -0.2) is 9.59 Å². The van der Waals surface area contributed by atoms with Crippen LogP contribution in [0.2, 0.25) is 0 Å². The fourth-order valence-corrected chi connectivity index (χ4v) is 5.17. The van der Waals surface area contributed by atoms with E-state index in [9.17, 15) is 19.5 Å². The van der Waals surface area contributed by atoms with Gasteiger partial charge in [0.2, 0.25) is 5.91 Å². The van der Waals surface area contributed by atoms with Crippen molar-refractivity contribution in [3.63, 3.8) is 0 Å². The van der Waals surface area contributed by atoms with E-state index in [0.717, 1.165) is 11.1 Å². The molecule has 178 valence electrons. The summed E-state index contributed by atoms with van der Waals surface area (Å²) in [6.45, 7) is 0.239. The average Bonchev–Trinajstić information content (AvgIpc) is 3.46. The zero-order valence-corrected chi connectivity index (χ0v) is 19.1. The van der Waals surface area contributed by atoms with Crippen molar-refractivity contribution in [3.8, 4) is 11.1 Å². The molecule has 35 heavy (non-hydrogen) atoms. The second kappa shape index (κ2) is 9.62. The highest BCUT2D eigenvalue weighted by atomic mass is 16.5. The predicted octanol–water partition coefficient (Wildman–Crippen LogP) is 5.03. The van der Waals surface area contributed by atoms with Crippen LogP contribution in [0.3, 0.4) is 0 Å². The van der Waals surface area contributed by atoms with Crippen LogP contribution in [-0.4, -0.2) is 35.7 Å². The molecular formula is C28H26N2O5. The summed E-state index contributed by atoms with van der Waals surface area (Å²) in [7, 11) is 0. The summed E-state index contributed by atoms with van der Waals surface area (Å²) in [6.07, 6.45) is 1.25. The molecule has 0 bridgehead atoms. The van der Waals surface area contributed by atoms with E-state index in [1.807, 2.05) is 24.3 Å². The third-order valence-corrected chi connectivity index (χ3v) is 6.88. The molecule has 0 saturated heterocycles. The van der Waals surface area contributed by atoms with Crippen LogP contribution in [0.15, 0.2) is 72.8 Å². The molecule has 0 heterocycles. The number of ether oxygens (including phenoxy) is 1. The molecule has 0 aliphatic heterocycles. The monoisotopic (exact) mass is 470 g/mol. The summed E-state index contributed by atoms with van der Waals surface area (Å²) in [5.41, 5.74) is 4.98. The van der Waals surface area contributed by atoms with Gasteiger partial charge in [0.05, 0.1) is 11.3 Å². The van der Waals surface area contributed by atoms with Gasteiger partial charge >= 0.3 is 12.1 Å². The van der Waals surface area contributed by atoms with E-state index in [1.54, 1.807) is 18.2 Å². The number of carboxylic acids is 1. The minimum absolute atomic E-state index is 0.00967. The van der Waals surface area contributed by atoms with Gasteiger partial charge in [-0.05, 0) is 53.6 Å². The number of carbonyl (C=O) groups is 3. The molecule has 1 fully saturated rings. The quantitative estimate of drug-likeness (QED) is 0.469. The van der Waals surface area contributed by atoms with Gasteiger partial charge in [-0.3, -0.25) is 4.79 Å². The number of hydrogen-bond acceptors (Lipinski definition) is 4. The smallest absolute Gasteiger partial charge is 0.407 e. The Balaban J connectivity index is 1.15. The molecule has 2 amide bonds. The van der Waals surface area contributed by atoms with E-state index in [4.69, 9.17) is 4.74 Å². The Labute approximate surface area is 203 Å². The molecule has 2 atom stereocenters. The van der Waals surface area contributed by atoms with E-state index >= 15 is 0 Å². The Hall–Kier alpha value is -4.13. The van der Waals surface area contributed by atoms with E-state index in [-0.39, 0.29) is 41.6 Å². The maximum Gasteiger partial charge on any atom is 0.407 e. The lowest BCUT2D eigenvalue weighted by atomic mass is 9.98. The lowest BCUT2D eigenvalue weighted by Gasteiger charge is -2.17. The number of aromatic carboxylic acids is 1. The number of para-hydroxylation sites is 1. The SMILES string of the molecule is O=C(NC1CCC(C(=O)Nc2ccccc2C(=O)O)C1)OCC1c2ccccc2-c2ccccc21. The molecule has 5 rings (SSSR count). The highest BCUT2D eigenvalue weighted by Crippen LogP contribution is 2.44. The van der Waals surface area contributed by atoms with Crippen molar-refractivity contribution in [2.24, 2.45) is 5.92 Å². The van der Waals surface area contributed by atoms with Crippen molar-refractivity contribution in [2.75, 3.05) is 11.9 Å². The number of benzene rings is 3. The molecule has 3 N–H and O–H groups in total. The first-order chi connectivity index (χ1) is 17.0. The second-order valence-electron chi connectivity index (χ2n) is 9.02. The van der Waals surface area contributed by atoms with Crippen molar-refractivity contribution in [1.82, 2.24) is 5.32 Å². The molecule has 0 aromatic heterocycles. The van der Waals surface area contributed by atoms with E-state index in [0.29, 0.717) is 19.3 Å². The highest BCUT2D eigenvalue weighted by molar-refractivity contribution is 6.01. The van der Waals surface area contributed by atoms with Gasteiger partial charge in [0, 0.05) is 17.9 Å². The normalized spacial score (nSPS) is 18.4. The predicted molar refractivity (Wildman–Crippen MR) is 131 cm³/mol. The summed E-state index contributed by atoms with van der Waals surface area (Å²) in [5.74, 6) is -1.65. The third kappa shape index (κ3) is 4.62. The first kappa shape index (κ1) is 22.7. The molecule has 7 heteroatoms. The Kier molecular flexibility index (Phi) is 6.23. The summed E-state index contributed by atoms with van der Waals surface area (Å²) >= 11 is 0. The van der Waals surface area contributed by atoms with Crippen molar-refractivity contribution >= 4 is 23.7 Å².